The number of ether oxygens (including phenoxy) is 1. The Labute approximate surface area is 196 Å². The quantitative estimate of drug-likeness (QED) is 0.348. The fraction of sp³-hybridized carbons (Fsp3) is 0.0952. The summed E-state index contributed by atoms with van der Waals surface area (Å²) in [6.07, 6.45) is 1.46. The maximum atomic E-state index is 13.0. The Bertz CT molecular complexity index is 1230. The Balaban J connectivity index is 1.35. The summed E-state index contributed by atoms with van der Waals surface area (Å²) in [5, 5.41) is 7.63. The lowest BCUT2D eigenvalue weighted by molar-refractivity contribution is 0.0991. The van der Waals surface area contributed by atoms with Gasteiger partial charge in [-0.1, -0.05) is 46.9 Å². The third-order valence-corrected chi connectivity index (χ3v) is 5.01. The molecular weight excluding hydrogens is 482 g/mol. The van der Waals surface area contributed by atoms with E-state index >= 15 is 0 Å². The number of aromatic nitrogens is 3. The van der Waals surface area contributed by atoms with Gasteiger partial charge >= 0.3 is 0 Å². The van der Waals surface area contributed by atoms with Crippen LogP contribution >= 0.6 is 34.8 Å². The fourth-order valence-corrected chi connectivity index (χ4v) is 3.68. The second-order valence-corrected chi connectivity index (χ2v) is 7.85. The number of hydrogen-bond acceptors (Lipinski definition) is 5. The maximum absolute atomic E-state index is 13.0. The van der Waals surface area contributed by atoms with Crippen molar-refractivity contribution in [3.8, 4) is 5.75 Å². The molecule has 2 aromatic heterocycles. The smallest absolute Gasteiger partial charge is 0.293 e. The minimum atomic E-state index is -0.529. The Kier molecular flexibility index (Phi) is 6.64. The summed E-state index contributed by atoms with van der Waals surface area (Å²) >= 11 is 18.1. The zero-order chi connectivity index (χ0) is 22.7. The molecule has 11 heteroatoms. The van der Waals surface area contributed by atoms with E-state index in [0.717, 1.165) is 5.56 Å². The number of carbonyl (C=O) groups is 1. The number of furan rings is 1. The van der Waals surface area contributed by atoms with Gasteiger partial charge in [-0.25, -0.2) is 14.1 Å². The van der Waals surface area contributed by atoms with Gasteiger partial charge in [-0.15, -0.1) is 5.10 Å². The van der Waals surface area contributed by atoms with Crippen LogP contribution in [0.2, 0.25) is 15.1 Å². The van der Waals surface area contributed by atoms with Gasteiger partial charge in [-0.3, -0.25) is 10.1 Å². The lowest BCUT2D eigenvalue weighted by Gasteiger charge is -2.09. The SMILES string of the molecule is O=C(Nc1ncn(Cc2ccc(F)cc2)n1)c1ccc(COc2c(Cl)cc(Cl)cc2Cl)o1. The number of hydrogen-bond donors (Lipinski definition) is 1. The predicted molar refractivity (Wildman–Crippen MR) is 118 cm³/mol. The van der Waals surface area contributed by atoms with Crippen LogP contribution in [0.3, 0.4) is 0 Å². The van der Waals surface area contributed by atoms with Crippen molar-refractivity contribution in [2.24, 2.45) is 0 Å². The molecule has 0 radical (unpaired) electrons. The number of rotatable bonds is 7. The van der Waals surface area contributed by atoms with Crippen molar-refractivity contribution in [3.05, 3.63) is 92.8 Å². The van der Waals surface area contributed by atoms with Crippen LogP contribution in [0.1, 0.15) is 21.9 Å². The summed E-state index contributed by atoms with van der Waals surface area (Å²) in [6.45, 7) is 0.375. The van der Waals surface area contributed by atoms with E-state index in [2.05, 4.69) is 15.4 Å². The maximum Gasteiger partial charge on any atom is 0.293 e. The lowest BCUT2D eigenvalue weighted by atomic mass is 10.2. The highest BCUT2D eigenvalue weighted by Gasteiger charge is 2.15. The minimum absolute atomic E-state index is 0.00109. The summed E-state index contributed by atoms with van der Waals surface area (Å²) < 4.78 is 25.6. The molecule has 0 spiro atoms. The van der Waals surface area contributed by atoms with Gasteiger partial charge in [0.1, 0.15) is 24.5 Å². The lowest BCUT2D eigenvalue weighted by Crippen LogP contribution is -2.12. The molecule has 0 bridgehead atoms. The van der Waals surface area contributed by atoms with Crippen molar-refractivity contribution in [2.45, 2.75) is 13.2 Å². The first kappa shape index (κ1) is 22.1. The first-order valence-electron chi connectivity index (χ1n) is 9.18. The Morgan fingerprint density at radius 1 is 1.09 bits per heavy atom. The largest absolute Gasteiger partial charge is 0.483 e. The normalized spacial score (nSPS) is 10.9. The molecule has 164 valence electrons. The molecular formula is C21H14Cl3FN4O3. The second kappa shape index (κ2) is 9.60. The van der Waals surface area contributed by atoms with Crippen molar-refractivity contribution in [2.75, 3.05) is 5.32 Å². The highest BCUT2D eigenvalue weighted by atomic mass is 35.5. The standard InChI is InChI=1S/C21H14Cl3FN4O3/c22-13-7-16(23)19(17(24)8-13)31-10-15-5-6-18(32-15)20(30)27-21-26-11-29(28-21)9-12-1-3-14(25)4-2-12/h1-8,11H,9-10H2,(H,27,28,30). The van der Waals surface area contributed by atoms with E-state index in [0.29, 0.717) is 17.3 Å². The summed E-state index contributed by atoms with van der Waals surface area (Å²) in [5.41, 5.74) is 0.839. The van der Waals surface area contributed by atoms with Crippen molar-refractivity contribution >= 4 is 46.7 Å². The fourth-order valence-electron chi connectivity index (χ4n) is 2.76. The van der Waals surface area contributed by atoms with Crippen LogP contribution < -0.4 is 10.1 Å². The first-order valence-corrected chi connectivity index (χ1v) is 10.3. The van der Waals surface area contributed by atoms with Gasteiger partial charge in [-0.05, 0) is 42.0 Å². The van der Waals surface area contributed by atoms with E-state index < -0.39 is 5.91 Å². The molecule has 1 amide bonds. The molecule has 2 aromatic carbocycles. The van der Waals surface area contributed by atoms with E-state index in [9.17, 15) is 9.18 Å². The van der Waals surface area contributed by atoms with Crippen LogP contribution in [0.5, 0.6) is 5.75 Å². The molecule has 7 nitrogen and oxygen atoms in total. The highest BCUT2D eigenvalue weighted by Crippen LogP contribution is 2.36. The first-order chi connectivity index (χ1) is 15.4. The number of carbonyl (C=O) groups excluding carboxylic acids is 1. The minimum Gasteiger partial charge on any atom is -0.483 e. The Hall–Kier alpha value is -3.07. The molecule has 0 saturated heterocycles. The van der Waals surface area contributed by atoms with Gasteiger partial charge < -0.3 is 9.15 Å². The monoisotopic (exact) mass is 494 g/mol. The van der Waals surface area contributed by atoms with E-state index in [4.69, 9.17) is 44.0 Å². The molecule has 0 aliphatic rings. The molecule has 4 rings (SSSR count). The van der Waals surface area contributed by atoms with Crippen LogP contribution in [0.4, 0.5) is 10.3 Å². The van der Waals surface area contributed by atoms with Crippen LogP contribution in [0.25, 0.3) is 0 Å². The van der Waals surface area contributed by atoms with E-state index in [1.807, 2.05) is 0 Å². The third-order valence-electron chi connectivity index (χ3n) is 4.23. The molecule has 0 fully saturated rings. The number of halogens is 4. The average Bonchev–Trinajstić information content (AvgIpc) is 3.38. The number of nitrogens with one attached hydrogen (secondary N) is 1. The zero-order valence-electron chi connectivity index (χ0n) is 16.2. The molecule has 0 unspecified atom stereocenters. The van der Waals surface area contributed by atoms with Gasteiger partial charge in [-0.2, -0.15) is 0 Å². The van der Waals surface area contributed by atoms with Gasteiger partial charge in [0.15, 0.2) is 11.5 Å². The highest BCUT2D eigenvalue weighted by molar-refractivity contribution is 6.40. The van der Waals surface area contributed by atoms with Crippen molar-refractivity contribution in [1.82, 2.24) is 14.8 Å². The summed E-state index contributed by atoms with van der Waals surface area (Å²) in [4.78, 5) is 16.5. The van der Waals surface area contributed by atoms with Crippen LogP contribution in [0.15, 0.2) is 59.3 Å². The third kappa shape index (κ3) is 5.40. The molecule has 0 atom stereocenters. The summed E-state index contributed by atoms with van der Waals surface area (Å²) in [5.74, 6) is -0.0536. The number of benzene rings is 2. The van der Waals surface area contributed by atoms with Gasteiger partial charge in [0.05, 0.1) is 16.6 Å². The summed E-state index contributed by atoms with van der Waals surface area (Å²) in [6, 6.07) is 12.1. The molecule has 4 aromatic rings. The number of nitrogens with zero attached hydrogens (tertiary/aromatic N) is 3. The van der Waals surface area contributed by atoms with E-state index in [1.165, 1.54) is 41.3 Å². The van der Waals surface area contributed by atoms with E-state index in [1.54, 1.807) is 18.2 Å². The van der Waals surface area contributed by atoms with Gasteiger partial charge in [0.25, 0.3) is 5.91 Å². The van der Waals surface area contributed by atoms with Crippen LogP contribution in [-0.2, 0) is 13.2 Å². The molecule has 0 saturated carbocycles. The zero-order valence-corrected chi connectivity index (χ0v) is 18.5. The Morgan fingerprint density at radius 3 is 2.53 bits per heavy atom. The van der Waals surface area contributed by atoms with Gasteiger partial charge in [0.2, 0.25) is 5.95 Å². The second-order valence-electron chi connectivity index (χ2n) is 6.60. The molecule has 2 heterocycles. The molecule has 1 N–H and O–H groups in total. The van der Waals surface area contributed by atoms with E-state index in [-0.39, 0.29) is 39.9 Å². The van der Waals surface area contributed by atoms with Crippen molar-refractivity contribution < 1.29 is 18.3 Å². The number of amides is 1. The molecule has 0 aliphatic heterocycles. The molecule has 0 aliphatic carbocycles. The van der Waals surface area contributed by atoms with Crippen LogP contribution in [0, 0.1) is 5.82 Å². The Morgan fingerprint density at radius 2 is 1.81 bits per heavy atom. The average molecular weight is 496 g/mol. The number of anilines is 1. The van der Waals surface area contributed by atoms with Gasteiger partial charge in [0, 0.05) is 5.02 Å². The molecule has 32 heavy (non-hydrogen) atoms. The predicted octanol–water partition coefficient (Wildman–Crippen LogP) is 5.85. The van der Waals surface area contributed by atoms with Crippen molar-refractivity contribution in [1.29, 1.82) is 0 Å². The van der Waals surface area contributed by atoms with Crippen molar-refractivity contribution in [3.63, 3.8) is 0 Å². The van der Waals surface area contributed by atoms with Crippen LogP contribution in [-0.4, -0.2) is 20.7 Å². The summed E-state index contributed by atoms with van der Waals surface area (Å²) in [7, 11) is 0. The topological polar surface area (TPSA) is 82.2 Å².